The van der Waals surface area contributed by atoms with Gasteiger partial charge < -0.3 is 14.7 Å². The van der Waals surface area contributed by atoms with Crippen LogP contribution in [0.5, 0.6) is 0 Å². The fourth-order valence-corrected chi connectivity index (χ4v) is 3.28. The molecule has 1 aromatic rings. The number of aromatic nitrogens is 2. The van der Waals surface area contributed by atoms with Crippen LogP contribution in [0, 0.1) is 5.92 Å². The van der Waals surface area contributed by atoms with E-state index in [1.807, 2.05) is 4.90 Å². The van der Waals surface area contributed by atoms with E-state index >= 15 is 0 Å². The molecule has 3 aliphatic rings. The maximum absolute atomic E-state index is 12.9. The lowest BCUT2D eigenvalue weighted by Crippen LogP contribution is -2.50. The van der Waals surface area contributed by atoms with Crippen molar-refractivity contribution in [3.63, 3.8) is 0 Å². The summed E-state index contributed by atoms with van der Waals surface area (Å²) in [6, 6.07) is -0.202. The number of carbonyl (C=O) groups is 1. The van der Waals surface area contributed by atoms with Crippen LogP contribution in [0.15, 0.2) is 4.52 Å². The Morgan fingerprint density at radius 2 is 2.29 bits per heavy atom. The first-order valence-electron chi connectivity index (χ1n) is 7.30. The lowest BCUT2D eigenvalue weighted by molar-refractivity contribution is 0.0983. The summed E-state index contributed by atoms with van der Waals surface area (Å²) < 4.78 is 30.9. The molecule has 2 aliphatic heterocycles. The second-order valence-electron chi connectivity index (χ2n) is 6.14. The van der Waals surface area contributed by atoms with Gasteiger partial charge in [-0.05, 0) is 19.3 Å². The molecule has 3 fully saturated rings. The van der Waals surface area contributed by atoms with Crippen molar-refractivity contribution in [3.05, 3.63) is 11.7 Å². The zero-order valence-corrected chi connectivity index (χ0v) is 11.4. The molecule has 0 radical (unpaired) electrons. The Bertz CT molecular complexity index is 576. The minimum atomic E-state index is -2.58. The highest BCUT2D eigenvalue weighted by Gasteiger charge is 2.57. The molecular weight excluding hydrogens is 282 g/mol. The smallest absolute Gasteiger partial charge is 0.318 e. The van der Waals surface area contributed by atoms with Crippen molar-refractivity contribution in [2.45, 2.75) is 50.1 Å². The van der Waals surface area contributed by atoms with Crippen molar-refractivity contribution >= 4 is 6.03 Å². The number of alkyl halides is 2. The van der Waals surface area contributed by atoms with Crippen LogP contribution < -0.4 is 5.32 Å². The van der Waals surface area contributed by atoms with Crippen LogP contribution in [0.1, 0.15) is 43.4 Å². The van der Waals surface area contributed by atoms with Crippen LogP contribution >= 0.6 is 0 Å². The molecule has 0 bridgehead atoms. The van der Waals surface area contributed by atoms with Crippen LogP contribution in [-0.2, 0) is 6.42 Å². The van der Waals surface area contributed by atoms with E-state index in [2.05, 4.69) is 15.5 Å². The summed E-state index contributed by atoms with van der Waals surface area (Å²) >= 11 is 0. The molecule has 2 saturated heterocycles. The molecule has 1 N–H and O–H groups in total. The standard InChI is InChI=1S/C13H16F2N4O2/c14-13(15)6-7(13)4-10-17-11(21-18-10)9-5-8-2-1-3-19(8)12(20)16-9/h7-9H,1-6H2,(H,16,20)/t7?,8-,9-/m0/s1. The van der Waals surface area contributed by atoms with Crippen molar-refractivity contribution in [2.75, 3.05) is 6.54 Å². The van der Waals surface area contributed by atoms with Gasteiger partial charge in [0.25, 0.3) is 5.92 Å². The van der Waals surface area contributed by atoms with Gasteiger partial charge in [0.05, 0.1) is 0 Å². The highest BCUT2D eigenvalue weighted by Crippen LogP contribution is 2.50. The third-order valence-corrected chi connectivity index (χ3v) is 4.61. The predicted molar refractivity (Wildman–Crippen MR) is 66.7 cm³/mol. The fraction of sp³-hybridized carbons (Fsp3) is 0.769. The number of hydrogen-bond acceptors (Lipinski definition) is 4. The van der Waals surface area contributed by atoms with Crippen LogP contribution in [0.2, 0.25) is 0 Å². The van der Waals surface area contributed by atoms with Crippen LogP contribution in [0.25, 0.3) is 0 Å². The van der Waals surface area contributed by atoms with Gasteiger partial charge in [0.15, 0.2) is 5.82 Å². The molecule has 2 amide bonds. The second kappa shape index (κ2) is 4.38. The first-order valence-corrected chi connectivity index (χ1v) is 7.30. The topological polar surface area (TPSA) is 71.3 Å². The zero-order valence-electron chi connectivity index (χ0n) is 11.4. The number of fused-ring (bicyclic) bond motifs is 1. The van der Waals surface area contributed by atoms with E-state index < -0.39 is 11.8 Å². The van der Waals surface area contributed by atoms with Gasteiger partial charge in [-0.25, -0.2) is 13.6 Å². The fourth-order valence-electron chi connectivity index (χ4n) is 3.28. The molecule has 0 aromatic carbocycles. The molecule has 6 nitrogen and oxygen atoms in total. The predicted octanol–water partition coefficient (Wildman–Crippen LogP) is 1.89. The molecule has 1 saturated carbocycles. The Balaban J connectivity index is 1.44. The third-order valence-electron chi connectivity index (χ3n) is 4.61. The van der Waals surface area contributed by atoms with Gasteiger partial charge in [0, 0.05) is 31.3 Å². The van der Waals surface area contributed by atoms with E-state index in [1.54, 1.807) is 0 Å². The number of nitrogens with one attached hydrogen (secondary N) is 1. The van der Waals surface area contributed by atoms with E-state index in [4.69, 9.17) is 4.52 Å². The average molecular weight is 298 g/mol. The number of hydrogen-bond donors (Lipinski definition) is 1. The lowest BCUT2D eigenvalue weighted by Gasteiger charge is -2.33. The average Bonchev–Trinajstić information content (AvgIpc) is 2.88. The Kier molecular flexibility index (Phi) is 2.71. The van der Waals surface area contributed by atoms with E-state index in [0.29, 0.717) is 11.7 Å². The molecule has 3 atom stereocenters. The first-order chi connectivity index (χ1) is 10.0. The summed E-state index contributed by atoms with van der Waals surface area (Å²) in [5.41, 5.74) is 0. The minimum Gasteiger partial charge on any atom is -0.337 e. The van der Waals surface area contributed by atoms with E-state index in [0.717, 1.165) is 25.8 Å². The molecular formula is C13H16F2N4O2. The molecule has 3 heterocycles. The zero-order chi connectivity index (χ0) is 14.6. The maximum Gasteiger partial charge on any atom is 0.318 e. The van der Waals surface area contributed by atoms with E-state index in [9.17, 15) is 13.6 Å². The number of nitrogens with zero attached hydrogens (tertiary/aromatic N) is 3. The van der Waals surface area contributed by atoms with Gasteiger partial charge >= 0.3 is 6.03 Å². The van der Waals surface area contributed by atoms with E-state index in [1.165, 1.54) is 0 Å². The molecule has 1 aliphatic carbocycles. The first kappa shape index (κ1) is 13.0. The Labute approximate surface area is 119 Å². The van der Waals surface area contributed by atoms with Crippen molar-refractivity contribution in [1.82, 2.24) is 20.4 Å². The molecule has 4 rings (SSSR count). The Hall–Kier alpha value is -1.73. The molecule has 8 heteroatoms. The summed E-state index contributed by atoms with van der Waals surface area (Å²) in [6.45, 7) is 0.787. The second-order valence-corrected chi connectivity index (χ2v) is 6.14. The number of amides is 2. The molecule has 114 valence electrons. The minimum absolute atomic E-state index is 0.103. The van der Waals surface area contributed by atoms with Crippen molar-refractivity contribution in [1.29, 1.82) is 0 Å². The van der Waals surface area contributed by atoms with Gasteiger partial charge in [0.1, 0.15) is 6.04 Å². The SMILES string of the molecule is O=C1N[C@H](c2nc(CC3CC3(F)F)no2)C[C@@H]2CCCN12. The van der Waals surface area contributed by atoms with Crippen molar-refractivity contribution in [2.24, 2.45) is 5.92 Å². The molecule has 21 heavy (non-hydrogen) atoms. The Morgan fingerprint density at radius 3 is 3.05 bits per heavy atom. The summed E-state index contributed by atoms with van der Waals surface area (Å²) in [6.07, 6.45) is 2.75. The number of rotatable bonds is 3. The van der Waals surface area contributed by atoms with Crippen molar-refractivity contribution in [3.8, 4) is 0 Å². The lowest BCUT2D eigenvalue weighted by atomic mass is 10.0. The van der Waals surface area contributed by atoms with Gasteiger partial charge in [0.2, 0.25) is 5.89 Å². The van der Waals surface area contributed by atoms with Gasteiger partial charge in [-0.2, -0.15) is 4.98 Å². The monoisotopic (exact) mass is 298 g/mol. The molecule has 0 spiro atoms. The van der Waals surface area contributed by atoms with Crippen LogP contribution in [0.3, 0.4) is 0 Å². The summed E-state index contributed by atoms with van der Waals surface area (Å²) in [5, 5.41) is 6.61. The summed E-state index contributed by atoms with van der Waals surface area (Å²) in [4.78, 5) is 18.0. The summed E-state index contributed by atoms with van der Waals surface area (Å²) in [7, 11) is 0. The van der Waals surface area contributed by atoms with E-state index in [-0.39, 0.29) is 31.0 Å². The Morgan fingerprint density at radius 1 is 1.48 bits per heavy atom. The number of halogens is 2. The number of urea groups is 1. The normalized spacial score (nSPS) is 33.7. The quantitative estimate of drug-likeness (QED) is 0.925. The van der Waals surface area contributed by atoms with Gasteiger partial charge in [-0.1, -0.05) is 5.16 Å². The van der Waals surface area contributed by atoms with Crippen molar-refractivity contribution < 1.29 is 18.1 Å². The highest BCUT2D eigenvalue weighted by atomic mass is 19.3. The molecule has 1 unspecified atom stereocenters. The third kappa shape index (κ3) is 2.26. The van der Waals surface area contributed by atoms with Gasteiger partial charge in [-0.3, -0.25) is 0 Å². The van der Waals surface area contributed by atoms with Crippen LogP contribution in [0.4, 0.5) is 13.6 Å². The van der Waals surface area contributed by atoms with Crippen LogP contribution in [-0.4, -0.2) is 39.6 Å². The highest BCUT2D eigenvalue weighted by molar-refractivity contribution is 5.76. The molecule has 1 aromatic heterocycles. The van der Waals surface area contributed by atoms with Gasteiger partial charge in [-0.15, -0.1) is 0 Å². The largest absolute Gasteiger partial charge is 0.337 e. The summed E-state index contributed by atoms with van der Waals surface area (Å²) in [5.74, 6) is -2.62. The number of carbonyl (C=O) groups excluding carboxylic acids is 1. The maximum atomic E-state index is 12.9.